The van der Waals surface area contributed by atoms with Crippen LogP contribution in [0, 0.1) is 0 Å². The molecule has 0 atom stereocenters. The van der Waals surface area contributed by atoms with Crippen LogP contribution in [0.4, 0.5) is 5.95 Å². The van der Waals surface area contributed by atoms with E-state index in [0.29, 0.717) is 11.7 Å². The number of hydrogen-bond acceptors (Lipinski definition) is 5. The Labute approximate surface area is 121 Å². The van der Waals surface area contributed by atoms with Crippen LogP contribution in [-0.2, 0) is 0 Å². The zero-order valence-corrected chi connectivity index (χ0v) is 11.8. The van der Waals surface area contributed by atoms with Gasteiger partial charge in [-0.1, -0.05) is 0 Å². The molecule has 2 N–H and O–H groups in total. The van der Waals surface area contributed by atoms with Gasteiger partial charge < -0.3 is 10.2 Å². The second-order valence-electron chi connectivity index (χ2n) is 5.21. The van der Waals surface area contributed by atoms with Crippen molar-refractivity contribution in [2.75, 3.05) is 31.1 Å². The van der Waals surface area contributed by atoms with E-state index in [1.807, 2.05) is 0 Å². The van der Waals surface area contributed by atoms with E-state index in [1.165, 1.54) is 4.52 Å². The molecular formula is C12H17ClN6O. The highest BCUT2D eigenvalue weighted by molar-refractivity contribution is 5.85. The van der Waals surface area contributed by atoms with Gasteiger partial charge in [-0.2, -0.15) is 9.50 Å². The molecular weight excluding hydrogens is 280 g/mol. The van der Waals surface area contributed by atoms with Gasteiger partial charge in [0, 0.05) is 38.2 Å². The highest BCUT2D eigenvalue weighted by Gasteiger charge is 2.26. The highest BCUT2D eigenvalue weighted by atomic mass is 35.5. The van der Waals surface area contributed by atoms with E-state index in [4.69, 9.17) is 0 Å². The Morgan fingerprint density at radius 3 is 2.65 bits per heavy atom. The molecule has 0 spiro atoms. The van der Waals surface area contributed by atoms with Gasteiger partial charge >= 0.3 is 0 Å². The molecule has 0 unspecified atom stereocenters. The number of nitrogens with one attached hydrogen (secondary N) is 2. The number of aromatic amines is 1. The lowest BCUT2D eigenvalue weighted by molar-refractivity contribution is 0.579. The third-order valence-corrected chi connectivity index (χ3v) is 3.75. The van der Waals surface area contributed by atoms with Crippen molar-refractivity contribution in [2.24, 2.45) is 0 Å². The van der Waals surface area contributed by atoms with E-state index < -0.39 is 0 Å². The first kappa shape index (κ1) is 13.4. The lowest BCUT2D eigenvalue weighted by Crippen LogP contribution is -2.44. The van der Waals surface area contributed by atoms with Crippen LogP contribution >= 0.6 is 12.4 Å². The molecule has 0 amide bonds. The Kier molecular flexibility index (Phi) is 3.39. The summed E-state index contributed by atoms with van der Waals surface area (Å²) in [5, 5.41) is 6.34. The summed E-state index contributed by atoms with van der Waals surface area (Å²) >= 11 is 0. The van der Waals surface area contributed by atoms with Gasteiger partial charge in [-0.25, -0.2) is 4.98 Å². The van der Waals surface area contributed by atoms with E-state index in [-0.39, 0.29) is 18.0 Å². The Morgan fingerprint density at radius 1 is 1.20 bits per heavy atom. The lowest BCUT2D eigenvalue weighted by atomic mass is 10.3. The van der Waals surface area contributed by atoms with Crippen LogP contribution in [0.2, 0.25) is 0 Å². The normalized spacial score (nSPS) is 19.1. The maximum absolute atomic E-state index is 12.0. The molecule has 2 aromatic rings. The van der Waals surface area contributed by atoms with Crippen LogP contribution in [0.15, 0.2) is 10.9 Å². The quantitative estimate of drug-likeness (QED) is 0.823. The first-order chi connectivity index (χ1) is 9.31. The molecule has 2 aromatic heterocycles. The van der Waals surface area contributed by atoms with Crippen LogP contribution in [0.5, 0.6) is 0 Å². The summed E-state index contributed by atoms with van der Waals surface area (Å²) < 4.78 is 1.43. The fourth-order valence-electron chi connectivity index (χ4n) is 2.49. The number of piperazine rings is 1. The van der Waals surface area contributed by atoms with Crippen molar-refractivity contribution in [1.82, 2.24) is 24.9 Å². The maximum Gasteiger partial charge on any atom is 0.274 e. The minimum atomic E-state index is -0.0687. The number of aromatic nitrogens is 4. The SMILES string of the molecule is Cl.O=c1cc(C2CC2)nc2nc(N3CCNCC3)[nH]n12. The zero-order chi connectivity index (χ0) is 12.8. The van der Waals surface area contributed by atoms with Crippen LogP contribution in [0.25, 0.3) is 5.78 Å². The molecule has 2 aliphatic rings. The number of nitrogens with zero attached hydrogens (tertiary/aromatic N) is 4. The second-order valence-corrected chi connectivity index (χ2v) is 5.21. The molecule has 4 rings (SSSR count). The minimum absolute atomic E-state index is 0. The summed E-state index contributed by atoms with van der Waals surface area (Å²) in [6.45, 7) is 3.66. The highest BCUT2D eigenvalue weighted by Crippen LogP contribution is 2.38. The number of hydrogen-bond donors (Lipinski definition) is 2. The van der Waals surface area contributed by atoms with Crippen molar-refractivity contribution in [3.8, 4) is 0 Å². The van der Waals surface area contributed by atoms with Gasteiger partial charge in [-0.3, -0.25) is 9.89 Å². The number of H-pyrrole nitrogens is 1. The summed E-state index contributed by atoms with van der Waals surface area (Å²) in [7, 11) is 0. The average molecular weight is 297 g/mol. The van der Waals surface area contributed by atoms with Crippen LogP contribution in [-0.4, -0.2) is 45.8 Å². The van der Waals surface area contributed by atoms with Crippen molar-refractivity contribution < 1.29 is 0 Å². The van der Waals surface area contributed by atoms with E-state index in [2.05, 4.69) is 25.3 Å². The molecule has 0 bridgehead atoms. The zero-order valence-electron chi connectivity index (χ0n) is 11.0. The Balaban J connectivity index is 0.00000121. The summed E-state index contributed by atoms with van der Waals surface area (Å²) in [6.07, 6.45) is 2.27. The summed E-state index contributed by atoms with van der Waals surface area (Å²) in [4.78, 5) is 23.1. The molecule has 8 heteroatoms. The first-order valence-electron chi connectivity index (χ1n) is 6.77. The number of fused-ring (bicyclic) bond motifs is 1. The first-order valence-corrected chi connectivity index (χ1v) is 6.77. The molecule has 3 heterocycles. The fourth-order valence-corrected chi connectivity index (χ4v) is 2.49. The number of rotatable bonds is 2. The standard InChI is InChI=1S/C12H16N6O.ClH/c19-10-7-9(8-1-2-8)14-11-15-12(16-18(10)11)17-5-3-13-4-6-17;/h7-8,13H,1-6H2,(H,14,15,16);1H. The van der Waals surface area contributed by atoms with Crippen molar-refractivity contribution in [3.05, 3.63) is 22.1 Å². The summed E-state index contributed by atoms with van der Waals surface area (Å²) in [6, 6.07) is 1.63. The van der Waals surface area contributed by atoms with Gasteiger partial charge in [0.1, 0.15) is 0 Å². The van der Waals surface area contributed by atoms with Gasteiger partial charge in [-0.05, 0) is 12.8 Å². The molecule has 2 fully saturated rings. The topological polar surface area (TPSA) is 78.3 Å². The van der Waals surface area contributed by atoms with Crippen LogP contribution < -0.4 is 15.8 Å². The van der Waals surface area contributed by atoms with Crippen molar-refractivity contribution in [1.29, 1.82) is 0 Å². The molecule has 1 aliphatic carbocycles. The van der Waals surface area contributed by atoms with Gasteiger partial charge in [0.2, 0.25) is 5.95 Å². The Bertz CT molecular complexity index is 670. The van der Waals surface area contributed by atoms with E-state index in [0.717, 1.165) is 50.7 Å². The van der Waals surface area contributed by atoms with E-state index in [9.17, 15) is 4.79 Å². The molecule has 1 saturated heterocycles. The van der Waals surface area contributed by atoms with Crippen LogP contribution in [0.1, 0.15) is 24.5 Å². The van der Waals surface area contributed by atoms with Crippen molar-refractivity contribution in [3.63, 3.8) is 0 Å². The minimum Gasteiger partial charge on any atom is -0.339 e. The number of anilines is 1. The third kappa shape index (κ3) is 2.27. The molecule has 0 aromatic carbocycles. The summed E-state index contributed by atoms with van der Waals surface area (Å²) in [5.41, 5.74) is 0.823. The largest absolute Gasteiger partial charge is 0.339 e. The molecule has 1 aliphatic heterocycles. The second kappa shape index (κ2) is 5.06. The predicted molar refractivity (Wildman–Crippen MR) is 77.9 cm³/mol. The molecule has 108 valence electrons. The van der Waals surface area contributed by atoms with Gasteiger partial charge in [0.05, 0.1) is 5.69 Å². The van der Waals surface area contributed by atoms with Crippen molar-refractivity contribution >= 4 is 24.1 Å². The summed E-state index contributed by atoms with van der Waals surface area (Å²) in [5.74, 6) is 1.69. The maximum atomic E-state index is 12.0. The molecule has 20 heavy (non-hydrogen) atoms. The molecule has 7 nitrogen and oxygen atoms in total. The smallest absolute Gasteiger partial charge is 0.274 e. The van der Waals surface area contributed by atoms with Crippen LogP contribution in [0.3, 0.4) is 0 Å². The van der Waals surface area contributed by atoms with E-state index in [1.54, 1.807) is 6.07 Å². The Morgan fingerprint density at radius 2 is 1.95 bits per heavy atom. The monoisotopic (exact) mass is 296 g/mol. The van der Waals surface area contributed by atoms with Gasteiger partial charge in [0.25, 0.3) is 11.3 Å². The Hall–Kier alpha value is -1.60. The lowest BCUT2D eigenvalue weighted by Gasteiger charge is -2.26. The predicted octanol–water partition coefficient (Wildman–Crippen LogP) is 0.126. The fraction of sp³-hybridized carbons (Fsp3) is 0.583. The molecule has 0 radical (unpaired) electrons. The average Bonchev–Trinajstić information content (AvgIpc) is 3.19. The van der Waals surface area contributed by atoms with Crippen molar-refractivity contribution in [2.45, 2.75) is 18.8 Å². The third-order valence-electron chi connectivity index (χ3n) is 3.75. The van der Waals surface area contributed by atoms with E-state index >= 15 is 0 Å². The van der Waals surface area contributed by atoms with Gasteiger partial charge in [-0.15, -0.1) is 12.4 Å². The van der Waals surface area contributed by atoms with Gasteiger partial charge in [0.15, 0.2) is 0 Å². The number of halogens is 1. The molecule has 1 saturated carbocycles.